The molecule has 3 rings (SSSR count). The second kappa shape index (κ2) is 11.1. The van der Waals surface area contributed by atoms with Crippen LogP contribution in [0.2, 0.25) is 0 Å². The zero-order chi connectivity index (χ0) is 19.9. The van der Waals surface area contributed by atoms with E-state index >= 15 is 0 Å². The lowest BCUT2D eigenvalue weighted by atomic mass is 9.68. The molecule has 0 aromatic rings. The van der Waals surface area contributed by atoms with Crippen molar-refractivity contribution in [3.8, 4) is 0 Å². The molecule has 0 aliphatic heterocycles. The minimum Gasteiger partial charge on any atom is -0.209 e. The van der Waals surface area contributed by atoms with E-state index < -0.39 is 0 Å². The number of allylic oxidation sites excluding steroid dienone is 2. The quantitative estimate of drug-likeness (QED) is 0.404. The van der Waals surface area contributed by atoms with Crippen molar-refractivity contribution in [2.24, 2.45) is 35.5 Å². The van der Waals surface area contributed by atoms with Crippen LogP contribution in [0.4, 0.5) is 8.78 Å². The molecule has 28 heavy (non-hydrogen) atoms. The Hall–Kier alpha value is -0.400. The molecule has 162 valence electrons. The van der Waals surface area contributed by atoms with Gasteiger partial charge in [-0.2, -0.15) is 0 Å². The molecule has 0 saturated heterocycles. The molecule has 0 heterocycles. The molecule has 0 bridgehead atoms. The number of halogens is 2. The van der Waals surface area contributed by atoms with Crippen LogP contribution in [0, 0.1) is 35.5 Å². The monoisotopic (exact) mass is 394 g/mol. The minimum absolute atomic E-state index is 0.124. The summed E-state index contributed by atoms with van der Waals surface area (Å²) < 4.78 is 29.8. The summed E-state index contributed by atoms with van der Waals surface area (Å²) in [4.78, 5) is 0. The third-order valence-corrected chi connectivity index (χ3v) is 8.52. The highest BCUT2D eigenvalue weighted by Gasteiger charge is 2.34. The predicted octanol–water partition coefficient (Wildman–Crippen LogP) is 9.16. The Morgan fingerprint density at radius 1 is 0.536 bits per heavy atom. The lowest BCUT2D eigenvalue weighted by Crippen LogP contribution is -2.26. The summed E-state index contributed by atoms with van der Waals surface area (Å²) in [6.45, 7) is 4.52. The van der Waals surface area contributed by atoms with E-state index in [1.54, 1.807) is 0 Å². The normalized spacial score (nSPS) is 38.1. The first-order chi connectivity index (χ1) is 13.6. The summed E-state index contributed by atoms with van der Waals surface area (Å²) in [6.07, 6.45) is 18.7. The van der Waals surface area contributed by atoms with Crippen LogP contribution in [-0.2, 0) is 0 Å². The van der Waals surface area contributed by atoms with E-state index in [1.807, 2.05) is 0 Å². The molecule has 0 N–H and O–H groups in total. The lowest BCUT2D eigenvalue weighted by molar-refractivity contribution is 0.143. The molecular weight excluding hydrogens is 350 g/mol. The highest BCUT2D eigenvalue weighted by atomic mass is 19.2. The molecule has 0 amide bonds. The molecule has 0 aromatic heterocycles. The molecule has 0 aromatic carbocycles. The Morgan fingerprint density at radius 2 is 0.857 bits per heavy atom. The van der Waals surface area contributed by atoms with Gasteiger partial charge in [0.2, 0.25) is 0 Å². The molecule has 3 fully saturated rings. The fourth-order valence-electron chi connectivity index (χ4n) is 6.70. The van der Waals surface area contributed by atoms with E-state index in [1.165, 1.54) is 51.4 Å². The van der Waals surface area contributed by atoms with Gasteiger partial charge in [0.25, 0.3) is 0 Å². The molecule has 0 nitrogen and oxygen atoms in total. The highest BCUT2D eigenvalue weighted by Crippen LogP contribution is 2.45. The summed E-state index contributed by atoms with van der Waals surface area (Å²) >= 11 is 0. The van der Waals surface area contributed by atoms with Crippen molar-refractivity contribution < 1.29 is 8.78 Å². The summed E-state index contributed by atoms with van der Waals surface area (Å²) in [5.74, 6) is 2.38. The van der Waals surface area contributed by atoms with Crippen molar-refractivity contribution in [3.05, 3.63) is 11.7 Å². The number of hydrogen-bond acceptors (Lipinski definition) is 0. The van der Waals surface area contributed by atoms with Crippen LogP contribution < -0.4 is 0 Å². The zero-order valence-corrected chi connectivity index (χ0v) is 18.5. The van der Waals surface area contributed by atoms with Crippen molar-refractivity contribution in [2.75, 3.05) is 0 Å². The van der Waals surface area contributed by atoms with Crippen molar-refractivity contribution in [1.29, 1.82) is 0 Å². The van der Waals surface area contributed by atoms with Crippen LogP contribution in [0.5, 0.6) is 0 Å². The van der Waals surface area contributed by atoms with Gasteiger partial charge in [0.1, 0.15) is 11.7 Å². The Bertz CT molecular complexity index is 473. The maximum atomic E-state index is 14.9. The van der Waals surface area contributed by atoms with Crippen molar-refractivity contribution in [1.82, 2.24) is 0 Å². The third kappa shape index (κ3) is 5.82. The average Bonchev–Trinajstić information content (AvgIpc) is 2.74. The van der Waals surface area contributed by atoms with Gasteiger partial charge in [-0.15, -0.1) is 0 Å². The van der Waals surface area contributed by atoms with Crippen LogP contribution in [0.3, 0.4) is 0 Å². The van der Waals surface area contributed by atoms with E-state index in [0.717, 1.165) is 75.0 Å². The molecule has 3 aliphatic carbocycles. The maximum absolute atomic E-state index is 14.9. The summed E-state index contributed by atoms with van der Waals surface area (Å²) in [7, 11) is 0. The van der Waals surface area contributed by atoms with Gasteiger partial charge in [0.05, 0.1) is 0 Å². The molecule has 0 radical (unpaired) electrons. The summed E-state index contributed by atoms with van der Waals surface area (Å²) in [6, 6.07) is 0. The molecule has 3 aliphatic rings. The Balaban J connectivity index is 1.44. The van der Waals surface area contributed by atoms with Crippen LogP contribution in [0.25, 0.3) is 0 Å². The van der Waals surface area contributed by atoms with E-state index in [-0.39, 0.29) is 23.5 Å². The standard InChI is InChI=1S/C26H44F2/c1-3-5-19-7-11-21(12-8-19)22-15-17-24(18-16-22)26(28)25(27)23-13-9-20(6-4-2)10-14-23/h19-24H,3-18H2,1-2H3/b26-25+. The fraction of sp³-hybridized carbons (Fsp3) is 0.923. The molecular formula is C26H44F2. The van der Waals surface area contributed by atoms with Crippen molar-refractivity contribution in [3.63, 3.8) is 0 Å². The summed E-state index contributed by atoms with van der Waals surface area (Å²) in [5.41, 5.74) is 0. The third-order valence-electron chi connectivity index (χ3n) is 8.52. The van der Waals surface area contributed by atoms with E-state index in [4.69, 9.17) is 0 Å². The van der Waals surface area contributed by atoms with Crippen LogP contribution in [0.15, 0.2) is 11.7 Å². The SMILES string of the molecule is CCCC1CCC(/C(F)=C(\F)C2CCC(C3CCC(CCC)CC3)CC2)CC1. The van der Waals surface area contributed by atoms with Gasteiger partial charge in [-0.05, 0) is 87.9 Å². The minimum atomic E-state index is -0.363. The first-order valence-electron chi connectivity index (χ1n) is 12.7. The van der Waals surface area contributed by atoms with Gasteiger partial charge < -0.3 is 0 Å². The van der Waals surface area contributed by atoms with E-state index in [9.17, 15) is 8.78 Å². The second-order valence-electron chi connectivity index (χ2n) is 10.4. The first kappa shape index (κ1) is 22.3. The highest BCUT2D eigenvalue weighted by molar-refractivity contribution is 5.09. The second-order valence-corrected chi connectivity index (χ2v) is 10.4. The Labute approximate surface area is 172 Å². The van der Waals surface area contributed by atoms with Crippen LogP contribution >= 0.6 is 0 Å². The fourth-order valence-corrected chi connectivity index (χ4v) is 6.70. The zero-order valence-electron chi connectivity index (χ0n) is 18.5. The van der Waals surface area contributed by atoms with Crippen LogP contribution in [-0.4, -0.2) is 0 Å². The first-order valence-corrected chi connectivity index (χ1v) is 12.7. The molecule has 0 unspecified atom stereocenters. The van der Waals surface area contributed by atoms with E-state index in [0.29, 0.717) is 0 Å². The van der Waals surface area contributed by atoms with Crippen molar-refractivity contribution in [2.45, 2.75) is 117 Å². The molecule has 2 heteroatoms. The largest absolute Gasteiger partial charge is 0.209 e. The Kier molecular flexibility index (Phi) is 8.85. The van der Waals surface area contributed by atoms with Gasteiger partial charge >= 0.3 is 0 Å². The van der Waals surface area contributed by atoms with E-state index in [2.05, 4.69) is 13.8 Å². The topological polar surface area (TPSA) is 0 Å². The van der Waals surface area contributed by atoms with Crippen molar-refractivity contribution >= 4 is 0 Å². The number of rotatable bonds is 7. The molecule has 3 saturated carbocycles. The number of hydrogen-bond donors (Lipinski definition) is 0. The summed E-state index contributed by atoms with van der Waals surface area (Å²) in [5, 5.41) is 0. The predicted molar refractivity (Wildman–Crippen MR) is 115 cm³/mol. The lowest BCUT2D eigenvalue weighted by Gasteiger charge is -2.38. The van der Waals surface area contributed by atoms with Crippen LogP contribution in [0.1, 0.15) is 117 Å². The van der Waals surface area contributed by atoms with Gasteiger partial charge in [-0.3, -0.25) is 0 Å². The van der Waals surface area contributed by atoms with Gasteiger partial charge in [0, 0.05) is 11.8 Å². The molecule has 0 atom stereocenters. The average molecular weight is 395 g/mol. The van der Waals surface area contributed by atoms with Gasteiger partial charge in [-0.25, -0.2) is 8.78 Å². The molecule has 0 spiro atoms. The van der Waals surface area contributed by atoms with Gasteiger partial charge in [-0.1, -0.05) is 52.4 Å². The van der Waals surface area contributed by atoms with Gasteiger partial charge in [0.15, 0.2) is 0 Å². The smallest absolute Gasteiger partial charge is 0.135 e. The maximum Gasteiger partial charge on any atom is 0.135 e. The Morgan fingerprint density at radius 3 is 1.25 bits per heavy atom.